The molecule has 0 aliphatic heterocycles. The van der Waals surface area contributed by atoms with Gasteiger partial charge < -0.3 is 10.6 Å². The van der Waals surface area contributed by atoms with Crippen LogP contribution in [-0.4, -0.2) is 12.6 Å². The average Bonchev–Trinajstić information content (AvgIpc) is 2.15. The van der Waals surface area contributed by atoms with Crippen molar-refractivity contribution in [3.63, 3.8) is 0 Å². The molecule has 0 aliphatic rings. The van der Waals surface area contributed by atoms with Gasteiger partial charge in [0.25, 0.3) is 0 Å². The zero-order chi connectivity index (χ0) is 11.3. The van der Waals surface area contributed by atoms with Crippen molar-refractivity contribution in [3.8, 4) is 0 Å². The van der Waals surface area contributed by atoms with Crippen LogP contribution in [-0.2, 0) is 0 Å². The molecule has 2 amide bonds. The van der Waals surface area contributed by atoms with Crippen molar-refractivity contribution in [3.05, 3.63) is 29.3 Å². The van der Waals surface area contributed by atoms with E-state index in [9.17, 15) is 4.79 Å². The van der Waals surface area contributed by atoms with Crippen LogP contribution in [0.2, 0.25) is 5.02 Å². The van der Waals surface area contributed by atoms with Gasteiger partial charge in [0.15, 0.2) is 0 Å². The maximum atomic E-state index is 11.4. The summed E-state index contributed by atoms with van der Waals surface area (Å²) in [4.78, 5) is 11.4. The highest BCUT2D eigenvalue weighted by atomic mass is 35.5. The van der Waals surface area contributed by atoms with Crippen LogP contribution in [0.5, 0.6) is 0 Å². The summed E-state index contributed by atoms with van der Waals surface area (Å²) in [5.74, 6) is 0.440. The predicted molar refractivity (Wildman–Crippen MR) is 63.3 cm³/mol. The number of amides is 2. The molecule has 0 fully saturated rings. The summed E-state index contributed by atoms with van der Waals surface area (Å²) in [6.07, 6.45) is 0. The van der Waals surface area contributed by atoms with Gasteiger partial charge in [-0.15, -0.1) is 0 Å². The summed E-state index contributed by atoms with van der Waals surface area (Å²) in [7, 11) is 0. The molecule has 0 radical (unpaired) electrons. The number of nitrogens with one attached hydrogen (secondary N) is 2. The average molecular weight is 227 g/mol. The van der Waals surface area contributed by atoms with Crippen molar-refractivity contribution in [1.29, 1.82) is 0 Å². The molecule has 4 heteroatoms. The van der Waals surface area contributed by atoms with Crippen LogP contribution in [0, 0.1) is 5.92 Å². The molecule has 0 aliphatic carbocycles. The molecule has 15 heavy (non-hydrogen) atoms. The fourth-order valence-corrected chi connectivity index (χ4v) is 1.23. The Morgan fingerprint density at radius 1 is 1.47 bits per heavy atom. The molecule has 0 heterocycles. The van der Waals surface area contributed by atoms with E-state index >= 15 is 0 Å². The van der Waals surface area contributed by atoms with E-state index in [1.54, 1.807) is 24.3 Å². The minimum absolute atomic E-state index is 0.203. The first-order valence-corrected chi connectivity index (χ1v) is 5.26. The number of anilines is 1. The van der Waals surface area contributed by atoms with E-state index in [1.807, 2.05) is 13.8 Å². The third-order valence-electron chi connectivity index (χ3n) is 1.75. The van der Waals surface area contributed by atoms with Crippen molar-refractivity contribution in [2.24, 2.45) is 5.92 Å². The van der Waals surface area contributed by atoms with Crippen LogP contribution in [0.25, 0.3) is 0 Å². The molecule has 0 aromatic heterocycles. The molecule has 0 spiro atoms. The van der Waals surface area contributed by atoms with Gasteiger partial charge in [0.05, 0.1) is 0 Å². The van der Waals surface area contributed by atoms with Crippen molar-refractivity contribution in [2.75, 3.05) is 11.9 Å². The number of rotatable bonds is 3. The molecule has 2 N–H and O–H groups in total. The van der Waals surface area contributed by atoms with E-state index < -0.39 is 0 Å². The SMILES string of the molecule is CC(C)CNC(=O)Nc1cccc(Cl)c1. The number of carbonyl (C=O) groups is 1. The second-order valence-electron chi connectivity index (χ2n) is 3.74. The smallest absolute Gasteiger partial charge is 0.319 e. The summed E-state index contributed by atoms with van der Waals surface area (Å²) in [5.41, 5.74) is 0.698. The Hall–Kier alpha value is -1.22. The maximum absolute atomic E-state index is 11.4. The highest BCUT2D eigenvalue weighted by Gasteiger charge is 2.02. The van der Waals surface area contributed by atoms with Gasteiger partial charge in [-0.25, -0.2) is 4.79 Å². The van der Waals surface area contributed by atoms with E-state index in [1.165, 1.54) is 0 Å². The van der Waals surface area contributed by atoms with Crippen molar-refractivity contribution in [2.45, 2.75) is 13.8 Å². The summed E-state index contributed by atoms with van der Waals surface area (Å²) in [6, 6.07) is 6.85. The normalized spacial score (nSPS) is 10.1. The lowest BCUT2D eigenvalue weighted by Gasteiger charge is -2.09. The molecule has 0 saturated heterocycles. The van der Waals surface area contributed by atoms with E-state index in [2.05, 4.69) is 10.6 Å². The zero-order valence-corrected chi connectivity index (χ0v) is 9.64. The first-order valence-electron chi connectivity index (χ1n) is 4.88. The van der Waals surface area contributed by atoms with Gasteiger partial charge in [-0.2, -0.15) is 0 Å². The Kier molecular flexibility index (Phi) is 4.43. The van der Waals surface area contributed by atoms with Crippen LogP contribution in [0.4, 0.5) is 10.5 Å². The van der Waals surface area contributed by atoms with Gasteiger partial charge in [-0.05, 0) is 24.1 Å². The first kappa shape index (κ1) is 11.9. The second kappa shape index (κ2) is 5.61. The minimum atomic E-state index is -0.203. The molecule has 3 nitrogen and oxygen atoms in total. The largest absolute Gasteiger partial charge is 0.338 e. The summed E-state index contributed by atoms with van der Waals surface area (Å²) >= 11 is 5.78. The first-order chi connectivity index (χ1) is 7.08. The number of carbonyl (C=O) groups excluding carboxylic acids is 1. The lowest BCUT2D eigenvalue weighted by molar-refractivity contribution is 0.251. The molecule has 82 valence electrons. The monoisotopic (exact) mass is 226 g/mol. The Labute approximate surface area is 94.8 Å². The van der Waals surface area contributed by atoms with E-state index in [0.717, 1.165) is 0 Å². The van der Waals surface area contributed by atoms with Gasteiger partial charge in [-0.1, -0.05) is 31.5 Å². The topological polar surface area (TPSA) is 41.1 Å². The van der Waals surface area contributed by atoms with Gasteiger partial charge >= 0.3 is 6.03 Å². The van der Waals surface area contributed by atoms with Crippen LogP contribution in [0.15, 0.2) is 24.3 Å². The lowest BCUT2D eigenvalue weighted by Crippen LogP contribution is -2.31. The molecule has 0 bridgehead atoms. The second-order valence-corrected chi connectivity index (χ2v) is 4.18. The maximum Gasteiger partial charge on any atom is 0.319 e. The number of hydrogen-bond donors (Lipinski definition) is 2. The number of urea groups is 1. The number of hydrogen-bond acceptors (Lipinski definition) is 1. The summed E-state index contributed by atoms with van der Waals surface area (Å²) in [6.45, 7) is 4.74. The van der Waals surface area contributed by atoms with Gasteiger partial charge in [0.2, 0.25) is 0 Å². The quantitative estimate of drug-likeness (QED) is 0.817. The minimum Gasteiger partial charge on any atom is -0.338 e. The standard InChI is InChI=1S/C11H15ClN2O/c1-8(2)7-13-11(15)14-10-5-3-4-9(12)6-10/h3-6,8H,7H2,1-2H3,(H2,13,14,15). The molecule has 1 rings (SSSR count). The van der Waals surface area contributed by atoms with Crippen LogP contribution in [0.3, 0.4) is 0 Å². The van der Waals surface area contributed by atoms with E-state index in [0.29, 0.717) is 23.2 Å². The van der Waals surface area contributed by atoms with Gasteiger partial charge in [-0.3, -0.25) is 0 Å². The van der Waals surface area contributed by atoms with Gasteiger partial charge in [0, 0.05) is 17.3 Å². The summed E-state index contributed by atoms with van der Waals surface area (Å²) < 4.78 is 0. The van der Waals surface area contributed by atoms with Crippen molar-refractivity contribution < 1.29 is 4.79 Å². The van der Waals surface area contributed by atoms with Crippen LogP contribution < -0.4 is 10.6 Å². The molecular formula is C11H15ClN2O. The Morgan fingerprint density at radius 2 is 2.20 bits per heavy atom. The number of benzene rings is 1. The van der Waals surface area contributed by atoms with Gasteiger partial charge in [0.1, 0.15) is 0 Å². The molecule has 0 unspecified atom stereocenters. The highest BCUT2D eigenvalue weighted by Crippen LogP contribution is 2.14. The molecule has 0 atom stereocenters. The zero-order valence-electron chi connectivity index (χ0n) is 8.88. The fraction of sp³-hybridized carbons (Fsp3) is 0.364. The highest BCUT2D eigenvalue weighted by molar-refractivity contribution is 6.30. The fourth-order valence-electron chi connectivity index (χ4n) is 1.04. The summed E-state index contributed by atoms with van der Waals surface area (Å²) in [5, 5.41) is 6.07. The predicted octanol–water partition coefficient (Wildman–Crippen LogP) is 3.12. The van der Waals surface area contributed by atoms with Crippen molar-refractivity contribution in [1.82, 2.24) is 5.32 Å². The van der Waals surface area contributed by atoms with Crippen molar-refractivity contribution >= 4 is 23.3 Å². The van der Waals surface area contributed by atoms with Crippen LogP contribution in [0.1, 0.15) is 13.8 Å². The lowest BCUT2D eigenvalue weighted by atomic mass is 10.2. The van der Waals surface area contributed by atoms with E-state index in [4.69, 9.17) is 11.6 Å². The molecule has 1 aromatic rings. The van der Waals surface area contributed by atoms with E-state index in [-0.39, 0.29) is 6.03 Å². The Balaban J connectivity index is 2.44. The molecular weight excluding hydrogens is 212 g/mol. The molecule has 0 saturated carbocycles. The van der Waals surface area contributed by atoms with Crippen LogP contribution >= 0.6 is 11.6 Å². The third kappa shape index (κ3) is 4.70. The Morgan fingerprint density at radius 3 is 2.80 bits per heavy atom. The Bertz CT molecular complexity index is 339. The molecule has 1 aromatic carbocycles. The number of halogens is 1. The third-order valence-corrected chi connectivity index (χ3v) is 1.99.